The summed E-state index contributed by atoms with van der Waals surface area (Å²) in [6.07, 6.45) is 5.25. The third-order valence-electron chi connectivity index (χ3n) is 6.64. The van der Waals surface area contributed by atoms with Crippen LogP contribution in [0.15, 0.2) is 66.5 Å². The van der Waals surface area contributed by atoms with Gasteiger partial charge in [0, 0.05) is 24.5 Å². The highest BCUT2D eigenvalue weighted by Crippen LogP contribution is 2.43. The fourth-order valence-electron chi connectivity index (χ4n) is 4.68. The standard InChI is InChI=1S/C31H34N2O6/c1-5-7-15-39-23-11-12-24(20(3)16-23)29(34)27-28(22-10-13-25(38-6-2)26(17-22)37-4)33(31(36)30(27)35)19-21-9-8-14-32-18-21/h8-14,16-18,28,34H,5-7,15,19H2,1-4H3/t28-/m0/s1. The molecule has 2 heterocycles. The molecule has 0 saturated carbocycles. The zero-order valence-electron chi connectivity index (χ0n) is 22.8. The van der Waals surface area contributed by atoms with E-state index in [4.69, 9.17) is 14.2 Å². The Kier molecular flexibility index (Phi) is 8.86. The Hall–Kier alpha value is -4.33. The second kappa shape index (κ2) is 12.5. The lowest BCUT2D eigenvalue weighted by Crippen LogP contribution is -2.29. The first-order valence-electron chi connectivity index (χ1n) is 13.1. The number of ketones is 1. The Labute approximate surface area is 228 Å². The molecule has 0 spiro atoms. The van der Waals surface area contributed by atoms with Gasteiger partial charge in [-0.2, -0.15) is 0 Å². The molecule has 1 fully saturated rings. The summed E-state index contributed by atoms with van der Waals surface area (Å²) in [5.41, 5.74) is 2.56. The second-order valence-corrected chi connectivity index (χ2v) is 9.31. The fourth-order valence-corrected chi connectivity index (χ4v) is 4.68. The maximum Gasteiger partial charge on any atom is 0.295 e. The van der Waals surface area contributed by atoms with Crippen molar-refractivity contribution in [3.05, 3.63) is 88.8 Å². The molecule has 2 aromatic carbocycles. The van der Waals surface area contributed by atoms with Crippen LogP contribution in [0.1, 0.15) is 55.0 Å². The lowest BCUT2D eigenvalue weighted by atomic mass is 9.93. The smallest absolute Gasteiger partial charge is 0.295 e. The van der Waals surface area contributed by atoms with Crippen molar-refractivity contribution in [2.24, 2.45) is 0 Å². The van der Waals surface area contributed by atoms with E-state index in [1.165, 1.54) is 12.0 Å². The Bertz CT molecular complexity index is 1370. The minimum Gasteiger partial charge on any atom is -0.507 e. The summed E-state index contributed by atoms with van der Waals surface area (Å²) < 4.78 is 17.0. The molecule has 39 heavy (non-hydrogen) atoms. The number of aryl methyl sites for hydroxylation is 1. The van der Waals surface area contributed by atoms with Crippen LogP contribution in [-0.2, 0) is 16.1 Å². The van der Waals surface area contributed by atoms with Crippen molar-refractivity contribution in [2.75, 3.05) is 20.3 Å². The Morgan fingerprint density at radius 1 is 1.05 bits per heavy atom. The normalized spacial score (nSPS) is 16.4. The number of hydrogen-bond donors (Lipinski definition) is 1. The number of unbranched alkanes of at least 4 members (excludes halogenated alkanes) is 1. The largest absolute Gasteiger partial charge is 0.507 e. The third kappa shape index (κ3) is 5.90. The molecule has 1 amide bonds. The van der Waals surface area contributed by atoms with Gasteiger partial charge in [-0.15, -0.1) is 0 Å². The predicted molar refractivity (Wildman–Crippen MR) is 148 cm³/mol. The molecule has 0 radical (unpaired) electrons. The van der Waals surface area contributed by atoms with Gasteiger partial charge in [-0.25, -0.2) is 0 Å². The molecule has 0 aliphatic carbocycles. The van der Waals surface area contributed by atoms with Crippen molar-refractivity contribution in [1.82, 2.24) is 9.88 Å². The van der Waals surface area contributed by atoms with E-state index in [2.05, 4.69) is 11.9 Å². The van der Waals surface area contributed by atoms with Gasteiger partial charge in [0.1, 0.15) is 11.5 Å². The first kappa shape index (κ1) is 27.7. The van der Waals surface area contributed by atoms with E-state index in [1.807, 2.05) is 26.0 Å². The molecule has 1 saturated heterocycles. The van der Waals surface area contributed by atoms with Crippen LogP contribution >= 0.6 is 0 Å². The van der Waals surface area contributed by atoms with Crippen molar-refractivity contribution >= 4 is 17.4 Å². The molecular weight excluding hydrogens is 496 g/mol. The zero-order chi connectivity index (χ0) is 27.9. The Morgan fingerprint density at radius 3 is 2.54 bits per heavy atom. The number of nitrogens with zero attached hydrogens (tertiary/aromatic N) is 2. The van der Waals surface area contributed by atoms with Crippen LogP contribution in [0.3, 0.4) is 0 Å². The van der Waals surface area contributed by atoms with E-state index in [0.717, 1.165) is 24.0 Å². The number of ether oxygens (including phenoxy) is 3. The maximum atomic E-state index is 13.5. The zero-order valence-corrected chi connectivity index (χ0v) is 22.8. The molecule has 1 aliphatic rings. The molecule has 1 N–H and O–H groups in total. The molecular formula is C31H34N2O6. The highest BCUT2D eigenvalue weighted by atomic mass is 16.5. The first-order valence-corrected chi connectivity index (χ1v) is 13.1. The maximum absolute atomic E-state index is 13.5. The van der Waals surface area contributed by atoms with Crippen molar-refractivity contribution < 1.29 is 28.9 Å². The molecule has 3 aromatic rings. The van der Waals surface area contributed by atoms with Gasteiger partial charge in [0.25, 0.3) is 11.7 Å². The number of aliphatic hydroxyl groups is 1. The summed E-state index contributed by atoms with van der Waals surface area (Å²) in [7, 11) is 1.53. The van der Waals surface area contributed by atoms with Crippen LogP contribution in [0, 0.1) is 6.92 Å². The van der Waals surface area contributed by atoms with Crippen LogP contribution < -0.4 is 14.2 Å². The monoisotopic (exact) mass is 530 g/mol. The van der Waals surface area contributed by atoms with Gasteiger partial charge in [-0.3, -0.25) is 14.6 Å². The number of methoxy groups -OCH3 is 1. The number of rotatable bonds is 11. The van der Waals surface area contributed by atoms with E-state index < -0.39 is 17.7 Å². The summed E-state index contributed by atoms with van der Waals surface area (Å²) in [6, 6.07) is 13.3. The Morgan fingerprint density at radius 2 is 1.87 bits per heavy atom. The van der Waals surface area contributed by atoms with Crippen molar-refractivity contribution in [2.45, 2.75) is 46.2 Å². The van der Waals surface area contributed by atoms with E-state index >= 15 is 0 Å². The number of hydrogen-bond acceptors (Lipinski definition) is 7. The molecule has 1 aliphatic heterocycles. The van der Waals surface area contributed by atoms with E-state index in [9.17, 15) is 14.7 Å². The minimum atomic E-state index is -0.852. The number of aromatic nitrogens is 1. The minimum absolute atomic E-state index is 0.0119. The number of aliphatic hydroxyl groups excluding tert-OH is 1. The number of pyridine rings is 1. The summed E-state index contributed by atoms with van der Waals surface area (Å²) in [5, 5.41) is 11.5. The first-order chi connectivity index (χ1) is 18.9. The van der Waals surface area contributed by atoms with Crippen LogP contribution in [0.4, 0.5) is 0 Å². The number of carbonyl (C=O) groups is 2. The molecule has 8 nitrogen and oxygen atoms in total. The van der Waals surface area contributed by atoms with Gasteiger partial charge in [0.2, 0.25) is 0 Å². The molecule has 4 rings (SSSR count). The van der Waals surface area contributed by atoms with Gasteiger partial charge >= 0.3 is 0 Å². The molecule has 0 bridgehead atoms. The van der Waals surface area contributed by atoms with Crippen LogP contribution in [0.5, 0.6) is 17.2 Å². The highest BCUT2D eigenvalue weighted by Gasteiger charge is 2.46. The fraction of sp³-hybridized carbons (Fsp3) is 0.323. The molecule has 1 atom stereocenters. The average Bonchev–Trinajstić information content (AvgIpc) is 3.19. The van der Waals surface area contributed by atoms with E-state index in [-0.39, 0.29) is 17.9 Å². The van der Waals surface area contributed by atoms with Gasteiger partial charge in [0.05, 0.1) is 31.9 Å². The van der Waals surface area contributed by atoms with Crippen molar-refractivity contribution in [3.8, 4) is 17.2 Å². The lowest BCUT2D eigenvalue weighted by Gasteiger charge is -2.26. The number of amides is 1. The second-order valence-electron chi connectivity index (χ2n) is 9.31. The summed E-state index contributed by atoms with van der Waals surface area (Å²) >= 11 is 0. The predicted octanol–water partition coefficient (Wildman–Crippen LogP) is 5.60. The average molecular weight is 531 g/mol. The summed E-state index contributed by atoms with van der Waals surface area (Å²) in [4.78, 5) is 32.5. The highest BCUT2D eigenvalue weighted by molar-refractivity contribution is 6.46. The van der Waals surface area contributed by atoms with Gasteiger partial charge in [0.15, 0.2) is 11.5 Å². The molecule has 8 heteroatoms. The number of Topliss-reactive ketones (excluding diaryl/α,β-unsaturated/α-hetero) is 1. The molecule has 1 aromatic heterocycles. The number of likely N-dealkylation sites (tertiary alicyclic amines) is 1. The Balaban J connectivity index is 1.82. The SMILES string of the molecule is CCCCOc1ccc(C(O)=C2C(=O)C(=O)N(Cc3cccnc3)[C@H]2c2ccc(OCC)c(OC)c2)c(C)c1. The molecule has 204 valence electrons. The van der Waals surface area contributed by atoms with Crippen LogP contribution in [0.25, 0.3) is 5.76 Å². The van der Waals surface area contributed by atoms with Gasteiger partial charge in [-0.05, 0) is 73.4 Å². The topological polar surface area (TPSA) is 98.2 Å². The quantitative estimate of drug-likeness (QED) is 0.149. The summed E-state index contributed by atoms with van der Waals surface area (Å²) in [6.45, 7) is 6.99. The van der Waals surface area contributed by atoms with Gasteiger partial charge < -0.3 is 24.2 Å². The van der Waals surface area contributed by atoms with Crippen molar-refractivity contribution in [3.63, 3.8) is 0 Å². The number of carbonyl (C=O) groups excluding carboxylic acids is 2. The lowest BCUT2D eigenvalue weighted by molar-refractivity contribution is -0.140. The number of benzene rings is 2. The van der Waals surface area contributed by atoms with Crippen LogP contribution in [-0.4, -0.2) is 47.0 Å². The molecule has 0 unspecified atom stereocenters. The van der Waals surface area contributed by atoms with E-state index in [1.54, 1.807) is 48.8 Å². The third-order valence-corrected chi connectivity index (χ3v) is 6.64. The van der Waals surface area contributed by atoms with Gasteiger partial charge in [-0.1, -0.05) is 25.5 Å². The van der Waals surface area contributed by atoms with Crippen molar-refractivity contribution in [1.29, 1.82) is 0 Å². The van der Waals surface area contributed by atoms with E-state index in [0.29, 0.717) is 41.6 Å². The summed E-state index contributed by atoms with van der Waals surface area (Å²) in [5.74, 6) is 0.000657. The van der Waals surface area contributed by atoms with Crippen LogP contribution in [0.2, 0.25) is 0 Å².